The number of fused-ring (bicyclic) bond motifs is 1. The molecule has 1 aliphatic carbocycles. The number of allylic oxidation sites excluding steroid dienone is 3. The highest BCUT2D eigenvalue weighted by molar-refractivity contribution is 6.01. The minimum absolute atomic E-state index is 0.00534. The van der Waals surface area contributed by atoms with Gasteiger partial charge in [0.15, 0.2) is 11.4 Å². The topological polar surface area (TPSA) is 68.4 Å². The second kappa shape index (κ2) is 7.17. The van der Waals surface area contributed by atoms with Gasteiger partial charge in [0, 0.05) is 6.92 Å². The van der Waals surface area contributed by atoms with Gasteiger partial charge in [0.1, 0.15) is 12.2 Å². The number of rotatable bonds is 2. The molecule has 0 aromatic rings. The van der Waals surface area contributed by atoms with Crippen LogP contribution in [0.3, 0.4) is 0 Å². The van der Waals surface area contributed by atoms with E-state index < -0.39 is 11.2 Å². The van der Waals surface area contributed by atoms with Gasteiger partial charge < -0.3 is 14.2 Å². The van der Waals surface area contributed by atoms with E-state index in [0.29, 0.717) is 6.42 Å². The summed E-state index contributed by atoms with van der Waals surface area (Å²) < 4.78 is 17.1. The fourth-order valence-corrected chi connectivity index (χ4v) is 4.22. The first kappa shape index (κ1) is 20.3. The van der Waals surface area contributed by atoms with Gasteiger partial charge in [-0.25, -0.2) is 0 Å². The van der Waals surface area contributed by atoms with Gasteiger partial charge in [-0.1, -0.05) is 17.2 Å². The summed E-state index contributed by atoms with van der Waals surface area (Å²) in [6.45, 7) is 9.63. The summed E-state index contributed by atoms with van der Waals surface area (Å²) in [6.07, 6.45) is 9.45. The molecule has 2 fully saturated rings. The first-order chi connectivity index (χ1) is 12.6. The zero-order valence-corrected chi connectivity index (χ0v) is 17.2. The molecule has 0 N–H and O–H groups in total. The van der Waals surface area contributed by atoms with Crippen molar-refractivity contribution in [3.63, 3.8) is 0 Å². The molecule has 2 heterocycles. The Morgan fingerprint density at radius 2 is 1.96 bits per heavy atom. The number of hydrogen-bond acceptors (Lipinski definition) is 5. The van der Waals surface area contributed by atoms with Gasteiger partial charge in [0.2, 0.25) is 0 Å². The van der Waals surface area contributed by atoms with Crippen LogP contribution in [0, 0.1) is 0 Å². The Kier molecular flexibility index (Phi) is 5.39. The van der Waals surface area contributed by atoms with E-state index in [0.717, 1.165) is 37.7 Å². The summed E-state index contributed by atoms with van der Waals surface area (Å²) in [6, 6.07) is 0. The third-order valence-corrected chi connectivity index (χ3v) is 6.38. The van der Waals surface area contributed by atoms with Gasteiger partial charge in [-0.05, 0) is 72.3 Å². The van der Waals surface area contributed by atoms with E-state index in [9.17, 15) is 9.59 Å². The highest BCUT2D eigenvalue weighted by Gasteiger charge is 2.71. The lowest BCUT2D eigenvalue weighted by Gasteiger charge is -2.16. The summed E-state index contributed by atoms with van der Waals surface area (Å²) in [5, 5.41) is 0. The Labute approximate surface area is 162 Å². The zero-order chi connectivity index (χ0) is 19.9. The number of ether oxygens (including phenoxy) is 3. The van der Waals surface area contributed by atoms with Crippen molar-refractivity contribution in [3.8, 4) is 0 Å². The maximum absolute atomic E-state index is 13.1. The molecule has 3 aliphatic rings. The lowest BCUT2D eigenvalue weighted by molar-refractivity contribution is -0.142. The predicted molar refractivity (Wildman–Crippen MR) is 102 cm³/mol. The molecule has 5 heteroatoms. The van der Waals surface area contributed by atoms with Crippen molar-refractivity contribution in [3.05, 3.63) is 23.3 Å². The van der Waals surface area contributed by atoms with Gasteiger partial charge in [0.05, 0.1) is 11.7 Å². The first-order valence-electron chi connectivity index (χ1n) is 9.99. The van der Waals surface area contributed by atoms with Crippen molar-refractivity contribution in [1.29, 1.82) is 0 Å². The normalized spacial score (nSPS) is 43.6. The molecule has 3 rings (SSSR count). The summed E-state index contributed by atoms with van der Waals surface area (Å²) >= 11 is 0. The summed E-state index contributed by atoms with van der Waals surface area (Å²) in [4.78, 5) is 24.3. The Morgan fingerprint density at radius 1 is 1.22 bits per heavy atom. The SMILES string of the molecule is CC(=O)OC[C@@]1(C)O[C@]12CC/C(C)=C/CC[C@]1(C)O[C@H]1CC/C(C)=C/C2=O. The Hall–Kier alpha value is -1.46. The van der Waals surface area contributed by atoms with Crippen LogP contribution in [0.5, 0.6) is 0 Å². The van der Waals surface area contributed by atoms with Crippen LogP contribution in [0.2, 0.25) is 0 Å². The molecule has 0 radical (unpaired) electrons. The molecule has 4 atom stereocenters. The maximum atomic E-state index is 13.1. The quantitative estimate of drug-likeness (QED) is 0.413. The molecule has 1 spiro atoms. The first-order valence-corrected chi connectivity index (χ1v) is 9.99. The largest absolute Gasteiger partial charge is 0.463 e. The van der Waals surface area contributed by atoms with Crippen LogP contribution in [-0.4, -0.2) is 41.3 Å². The molecule has 0 aromatic heterocycles. The average Bonchev–Trinajstić information content (AvgIpc) is 3.43. The summed E-state index contributed by atoms with van der Waals surface area (Å²) in [7, 11) is 0. The van der Waals surface area contributed by atoms with E-state index in [4.69, 9.17) is 14.2 Å². The number of ketones is 1. The van der Waals surface area contributed by atoms with Crippen LogP contribution >= 0.6 is 0 Å². The lowest BCUT2D eigenvalue weighted by atomic mass is 9.84. The molecule has 27 heavy (non-hydrogen) atoms. The Bertz CT molecular complexity index is 693. The van der Waals surface area contributed by atoms with E-state index >= 15 is 0 Å². The van der Waals surface area contributed by atoms with Crippen molar-refractivity contribution in [2.75, 3.05) is 6.61 Å². The highest BCUT2D eigenvalue weighted by atomic mass is 16.7. The fourth-order valence-electron chi connectivity index (χ4n) is 4.22. The number of carbonyl (C=O) groups is 2. The highest BCUT2D eigenvalue weighted by Crippen LogP contribution is 2.53. The van der Waals surface area contributed by atoms with Crippen LogP contribution in [0.25, 0.3) is 0 Å². The molecule has 5 nitrogen and oxygen atoms in total. The van der Waals surface area contributed by atoms with Crippen molar-refractivity contribution in [2.24, 2.45) is 0 Å². The standard InChI is InChI=1S/C22H32O5/c1-15-7-6-11-20(4)19(26-20)9-8-16(2)13-18(24)22(12-10-15)21(5,27-22)14-25-17(3)23/h7,13,19H,6,8-12,14H2,1-5H3/b15-7+,16-13+/t19-,20-,21+,22-/m0/s1. The molecular formula is C22H32O5. The van der Waals surface area contributed by atoms with E-state index in [-0.39, 0.29) is 30.1 Å². The molecule has 2 saturated heterocycles. The van der Waals surface area contributed by atoms with Crippen LogP contribution in [0.4, 0.5) is 0 Å². The van der Waals surface area contributed by atoms with Gasteiger partial charge in [0.25, 0.3) is 0 Å². The second-order valence-electron chi connectivity index (χ2n) is 8.84. The van der Waals surface area contributed by atoms with Gasteiger partial charge >= 0.3 is 5.97 Å². The smallest absolute Gasteiger partial charge is 0.302 e. The van der Waals surface area contributed by atoms with Crippen LogP contribution in [-0.2, 0) is 23.8 Å². The molecule has 0 amide bonds. The van der Waals surface area contributed by atoms with Crippen molar-refractivity contribution in [1.82, 2.24) is 0 Å². The van der Waals surface area contributed by atoms with Crippen LogP contribution in [0.15, 0.2) is 23.3 Å². The van der Waals surface area contributed by atoms with Crippen LogP contribution < -0.4 is 0 Å². The molecule has 0 unspecified atom stereocenters. The molecule has 150 valence electrons. The van der Waals surface area contributed by atoms with E-state index in [1.807, 2.05) is 13.8 Å². The molecule has 2 aliphatic heterocycles. The van der Waals surface area contributed by atoms with E-state index in [1.54, 1.807) is 6.08 Å². The summed E-state index contributed by atoms with van der Waals surface area (Å²) in [5.41, 5.74) is 0.655. The van der Waals surface area contributed by atoms with Crippen molar-refractivity contribution < 1.29 is 23.8 Å². The monoisotopic (exact) mass is 376 g/mol. The number of epoxide rings is 2. The van der Waals surface area contributed by atoms with Gasteiger partial charge in [-0.3, -0.25) is 9.59 Å². The van der Waals surface area contributed by atoms with Crippen LogP contribution in [0.1, 0.15) is 73.1 Å². The van der Waals surface area contributed by atoms with Crippen molar-refractivity contribution in [2.45, 2.75) is 96.1 Å². The molecule has 0 bridgehead atoms. The minimum Gasteiger partial charge on any atom is -0.463 e. The third kappa shape index (κ3) is 4.19. The minimum atomic E-state index is -0.895. The molecular weight excluding hydrogens is 344 g/mol. The average molecular weight is 376 g/mol. The maximum Gasteiger partial charge on any atom is 0.302 e. The Balaban J connectivity index is 1.79. The third-order valence-electron chi connectivity index (χ3n) is 6.38. The zero-order valence-electron chi connectivity index (χ0n) is 17.2. The van der Waals surface area contributed by atoms with E-state index in [2.05, 4.69) is 19.9 Å². The molecule has 0 saturated carbocycles. The predicted octanol–water partition coefficient (Wildman–Crippen LogP) is 4.05. The number of carbonyl (C=O) groups excluding carboxylic acids is 2. The number of hydrogen-bond donors (Lipinski definition) is 0. The lowest BCUT2D eigenvalue weighted by Crippen LogP contribution is -2.35. The van der Waals surface area contributed by atoms with Gasteiger partial charge in [-0.2, -0.15) is 0 Å². The fraction of sp³-hybridized carbons (Fsp3) is 0.727. The summed E-state index contributed by atoms with van der Waals surface area (Å²) in [5.74, 6) is -0.371. The number of esters is 1. The van der Waals surface area contributed by atoms with Crippen molar-refractivity contribution >= 4 is 11.8 Å². The van der Waals surface area contributed by atoms with E-state index in [1.165, 1.54) is 12.5 Å². The Morgan fingerprint density at radius 3 is 2.67 bits per heavy atom. The molecule has 0 aromatic carbocycles. The second-order valence-corrected chi connectivity index (χ2v) is 8.84. The van der Waals surface area contributed by atoms with Gasteiger partial charge in [-0.15, -0.1) is 0 Å².